The highest BCUT2D eigenvalue weighted by Crippen LogP contribution is 2.22. The Bertz CT molecular complexity index is 1260. The highest BCUT2D eigenvalue weighted by molar-refractivity contribution is 5.98. The van der Waals surface area contributed by atoms with Crippen LogP contribution in [0.4, 0.5) is 8.78 Å². The van der Waals surface area contributed by atoms with Crippen LogP contribution in [0.15, 0.2) is 72.8 Å². The topological polar surface area (TPSA) is 95.5 Å². The summed E-state index contributed by atoms with van der Waals surface area (Å²) in [5, 5.41) is 14.7. The molecule has 0 bridgehead atoms. The van der Waals surface area contributed by atoms with Gasteiger partial charge in [-0.15, -0.1) is 0 Å². The number of amides is 2. The van der Waals surface area contributed by atoms with Gasteiger partial charge < -0.3 is 15.7 Å². The van der Waals surface area contributed by atoms with Gasteiger partial charge in [-0.05, 0) is 67.6 Å². The van der Waals surface area contributed by atoms with Gasteiger partial charge in [-0.25, -0.2) is 8.78 Å². The standard InChI is InChI=1S/C29H30F2N2O4/c1-18(28(36)37)15-25(27(35)33-29(2,3)17-19-9-12-22(30)13-10-19)32-26(34)23-14-11-21(16-24(23)31)20-7-5-4-6-8-20/h4-14,16,18,25H,15,17H2,1-3H3,(H,32,34)(H,33,35)(H,36,37). The second-order valence-corrected chi connectivity index (χ2v) is 9.74. The second kappa shape index (κ2) is 11.8. The van der Waals surface area contributed by atoms with Crippen LogP contribution in [0.3, 0.4) is 0 Å². The van der Waals surface area contributed by atoms with Crippen LogP contribution in [0.25, 0.3) is 11.1 Å². The summed E-state index contributed by atoms with van der Waals surface area (Å²) in [6.07, 6.45) is 0.174. The fourth-order valence-electron chi connectivity index (χ4n) is 4.01. The van der Waals surface area contributed by atoms with E-state index in [2.05, 4.69) is 10.6 Å². The van der Waals surface area contributed by atoms with Crippen LogP contribution in [-0.2, 0) is 16.0 Å². The van der Waals surface area contributed by atoms with Gasteiger partial charge in [-0.1, -0.05) is 55.5 Å². The number of carboxylic acids is 1. The molecule has 3 rings (SSSR count). The normalized spacial score (nSPS) is 12.9. The minimum absolute atomic E-state index is 0.191. The Morgan fingerprint density at radius 3 is 2.16 bits per heavy atom. The molecule has 2 atom stereocenters. The summed E-state index contributed by atoms with van der Waals surface area (Å²) in [5.74, 6) is -4.64. The third-order valence-electron chi connectivity index (χ3n) is 5.97. The predicted octanol–water partition coefficient (Wildman–Crippen LogP) is 4.98. The largest absolute Gasteiger partial charge is 0.481 e. The first-order valence-electron chi connectivity index (χ1n) is 11.9. The van der Waals surface area contributed by atoms with E-state index < -0.39 is 41.1 Å². The number of carbonyl (C=O) groups excluding carboxylic acids is 2. The molecule has 0 aliphatic carbocycles. The molecule has 8 heteroatoms. The van der Waals surface area contributed by atoms with Crippen LogP contribution >= 0.6 is 0 Å². The summed E-state index contributed by atoms with van der Waals surface area (Å²) in [6.45, 7) is 4.94. The molecule has 0 spiro atoms. The van der Waals surface area contributed by atoms with Crippen molar-refractivity contribution in [2.24, 2.45) is 5.92 Å². The average Bonchev–Trinajstić information content (AvgIpc) is 2.84. The number of halogens is 2. The SMILES string of the molecule is CC(CC(NC(=O)c1ccc(-c2ccccc2)cc1F)C(=O)NC(C)(C)Cc1ccc(F)cc1)C(=O)O. The van der Waals surface area contributed by atoms with E-state index in [0.717, 1.165) is 11.1 Å². The van der Waals surface area contributed by atoms with Crippen LogP contribution in [0, 0.1) is 17.6 Å². The molecular weight excluding hydrogens is 478 g/mol. The summed E-state index contributed by atoms with van der Waals surface area (Å²) >= 11 is 0. The highest BCUT2D eigenvalue weighted by atomic mass is 19.1. The van der Waals surface area contributed by atoms with Gasteiger partial charge in [0.15, 0.2) is 0 Å². The summed E-state index contributed by atoms with van der Waals surface area (Å²) in [7, 11) is 0. The Morgan fingerprint density at radius 2 is 1.57 bits per heavy atom. The molecule has 0 fully saturated rings. The molecule has 3 aromatic rings. The molecule has 0 saturated carbocycles. The molecule has 194 valence electrons. The zero-order valence-corrected chi connectivity index (χ0v) is 20.9. The maximum Gasteiger partial charge on any atom is 0.306 e. The van der Waals surface area contributed by atoms with Crippen LogP contribution in [0.1, 0.15) is 43.1 Å². The third kappa shape index (κ3) is 7.70. The molecule has 37 heavy (non-hydrogen) atoms. The third-order valence-corrected chi connectivity index (χ3v) is 5.97. The van der Waals surface area contributed by atoms with E-state index in [1.807, 2.05) is 30.3 Å². The van der Waals surface area contributed by atoms with Crippen molar-refractivity contribution in [3.63, 3.8) is 0 Å². The van der Waals surface area contributed by atoms with Gasteiger partial charge >= 0.3 is 5.97 Å². The van der Waals surface area contributed by atoms with E-state index in [0.29, 0.717) is 12.0 Å². The van der Waals surface area contributed by atoms with Crippen molar-refractivity contribution in [1.29, 1.82) is 0 Å². The fourth-order valence-corrected chi connectivity index (χ4v) is 4.01. The molecule has 6 nitrogen and oxygen atoms in total. The van der Waals surface area contributed by atoms with Crippen LogP contribution in [-0.4, -0.2) is 34.5 Å². The predicted molar refractivity (Wildman–Crippen MR) is 137 cm³/mol. The van der Waals surface area contributed by atoms with E-state index in [1.54, 1.807) is 32.0 Å². The van der Waals surface area contributed by atoms with E-state index in [9.17, 15) is 28.3 Å². The van der Waals surface area contributed by atoms with Crippen LogP contribution in [0.5, 0.6) is 0 Å². The number of carboxylic acid groups (broad SMARTS) is 1. The Morgan fingerprint density at radius 1 is 0.919 bits per heavy atom. The maximum absolute atomic E-state index is 14.9. The Kier molecular flexibility index (Phi) is 8.76. The quantitative estimate of drug-likeness (QED) is 0.360. The lowest BCUT2D eigenvalue weighted by atomic mass is 9.93. The molecule has 0 aliphatic rings. The molecule has 2 unspecified atom stereocenters. The van der Waals surface area contributed by atoms with Crippen molar-refractivity contribution in [2.75, 3.05) is 0 Å². The molecule has 0 aliphatic heterocycles. The summed E-state index contributed by atoms with van der Waals surface area (Å²) in [5.41, 5.74) is 1.10. The summed E-state index contributed by atoms with van der Waals surface area (Å²) in [6, 6.07) is 17.9. The van der Waals surface area contributed by atoms with Crippen molar-refractivity contribution in [1.82, 2.24) is 10.6 Å². The zero-order chi connectivity index (χ0) is 27.2. The van der Waals surface area contributed by atoms with Gasteiger partial charge in [0.05, 0.1) is 11.5 Å². The molecule has 0 radical (unpaired) electrons. The number of carbonyl (C=O) groups is 3. The average molecular weight is 509 g/mol. The molecule has 0 aromatic heterocycles. The number of hydrogen-bond acceptors (Lipinski definition) is 3. The Labute approximate surface area is 214 Å². The smallest absolute Gasteiger partial charge is 0.306 e. The monoisotopic (exact) mass is 508 g/mol. The van der Waals surface area contributed by atoms with E-state index in [-0.39, 0.29) is 17.8 Å². The Balaban J connectivity index is 1.77. The van der Waals surface area contributed by atoms with Gasteiger partial charge in [0, 0.05) is 5.54 Å². The fraction of sp³-hybridized carbons (Fsp3) is 0.276. The lowest BCUT2D eigenvalue weighted by molar-refractivity contribution is -0.141. The first kappa shape index (κ1) is 27.5. The molecule has 3 N–H and O–H groups in total. The van der Waals surface area contributed by atoms with E-state index >= 15 is 0 Å². The highest BCUT2D eigenvalue weighted by Gasteiger charge is 2.31. The van der Waals surface area contributed by atoms with Gasteiger partial charge in [0.2, 0.25) is 5.91 Å². The zero-order valence-electron chi connectivity index (χ0n) is 20.9. The van der Waals surface area contributed by atoms with Crippen LogP contribution in [0.2, 0.25) is 0 Å². The second-order valence-electron chi connectivity index (χ2n) is 9.74. The molecule has 2 amide bonds. The first-order chi connectivity index (χ1) is 17.4. The number of benzene rings is 3. The van der Waals surface area contributed by atoms with E-state index in [4.69, 9.17) is 0 Å². The molecular formula is C29H30F2N2O4. The van der Waals surface area contributed by atoms with Gasteiger partial charge in [0.25, 0.3) is 5.91 Å². The lowest BCUT2D eigenvalue weighted by Gasteiger charge is -2.30. The summed E-state index contributed by atoms with van der Waals surface area (Å²) in [4.78, 5) is 37.6. The van der Waals surface area contributed by atoms with E-state index in [1.165, 1.54) is 31.2 Å². The minimum atomic E-state index is -1.22. The number of rotatable bonds is 10. The molecule has 0 heterocycles. The van der Waals surface area contributed by atoms with Crippen LogP contribution < -0.4 is 10.6 Å². The Hall–Kier alpha value is -4.07. The van der Waals surface area contributed by atoms with Gasteiger partial charge in [-0.3, -0.25) is 14.4 Å². The first-order valence-corrected chi connectivity index (χ1v) is 11.9. The van der Waals surface area contributed by atoms with Gasteiger partial charge in [0.1, 0.15) is 17.7 Å². The van der Waals surface area contributed by atoms with Crippen molar-refractivity contribution in [2.45, 2.75) is 45.2 Å². The maximum atomic E-state index is 14.9. The number of aliphatic carboxylic acids is 1. The van der Waals surface area contributed by atoms with Crippen molar-refractivity contribution < 1.29 is 28.3 Å². The number of hydrogen-bond donors (Lipinski definition) is 3. The minimum Gasteiger partial charge on any atom is -0.481 e. The molecule has 3 aromatic carbocycles. The lowest BCUT2D eigenvalue weighted by Crippen LogP contribution is -2.54. The van der Waals surface area contributed by atoms with Crippen molar-refractivity contribution >= 4 is 17.8 Å². The number of nitrogens with one attached hydrogen (secondary N) is 2. The van der Waals surface area contributed by atoms with Crippen molar-refractivity contribution in [3.8, 4) is 11.1 Å². The van der Waals surface area contributed by atoms with Gasteiger partial charge in [-0.2, -0.15) is 0 Å². The summed E-state index contributed by atoms with van der Waals surface area (Å²) < 4.78 is 28.1. The molecule has 0 saturated heterocycles. The van der Waals surface area contributed by atoms with Crippen molar-refractivity contribution in [3.05, 3.63) is 95.6 Å².